The normalized spacial score (nSPS) is 13.5. The summed E-state index contributed by atoms with van der Waals surface area (Å²) in [5, 5.41) is 13.4. The van der Waals surface area contributed by atoms with Crippen LogP contribution >= 0.6 is 11.8 Å². The predicted molar refractivity (Wildman–Crippen MR) is 89.5 cm³/mol. The van der Waals surface area contributed by atoms with Gasteiger partial charge in [-0.1, -0.05) is 0 Å². The van der Waals surface area contributed by atoms with Crippen LogP contribution in [0, 0.1) is 0 Å². The largest absolute Gasteiger partial charge is 0.481 e. The lowest BCUT2D eigenvalue weighted by atomic mass is 10.1. The van der Waals surface area contributed by atoms with E-state index in [1.165, 1.54) is 11.8 Å². The minimum atomic E-state index is -1.35. The highest BCUT2D eigenvalue weighted by molar-refractivity contribution is 7.98. The van der Waals surface area contributed by atoms with E-state index in [-0.39, 0.29) is 6.42 Å². The van der Waals surface area contributed by atoms with Crippen LogP contribution in [0.2, 0.25) is 0 Å². The second kappa shape index (κ2) is 10.0. The maximum atomic E-state index is 12.3. The van der Waals surface area contributed by atoms with Gasteiger partial charge in [0.15, 0.2) is 0 Å². The van der Waals surface area contributed by atoms with Crippen molar-refractivity contribution in [3.05, 3.63) is 0 Å². The van der Waals surface area contributed by atoms with Gasteiger partial charge in [-0.2, -0.15) is 11.8 Å². The van der Waals surface area contributed by atoms with E-state index in [1.807, 2.05) is 6.26 Å². The van der Waals surface area contributed by atoms with Gasteiger partial charge in [0.25, 0.3) is 0 Å². The third-order valence-corrected chi connectivity index (χ3v) is 3.30. The Bertz CT molecular complexity index is 478. The number of aliphatic carboxylic acids is 1. The molecule has 24 heavy (non-hydrogen) atoms. The molecule has 0 fully saturated rings. The molecule has 0 unspecified atom stereocenters. The monoisotopic (exact) mass is 363 g/mol. The summed E-state index contributed by atoms with van der Waals surface area (Å²) in [7, 11) is 0. The zero-order valence-corrected chi connectivity index (χ0v) is 15.1. The third kappa shape index (κ3) is 9.93. The zero-order valence-electron chi connectivity index (χ0n) is 14.3. The van der Waals surface area contributed by atoms with E-state index >= 15 is 0 Å². The summed E-state index contributed by atoms with van der Waals surface area (Å²) < 4.78 is 5.09. The predicted octanol–water partition coefficient (Wildman–Crippen LogP) is 0.0776. The van der Waals surface area contributed by atoms with E-state index in [9.17, 15) is 19.2 Å². The van der Waals surface area contributed by atoms with Crippen LogP contribution in [0.1, 0.15) is 33.6 Å². The maximum Gasteiger partial charge on any atom is 0.408 e. The number of rotatable bonds is 9. The van der Waals surface area contributed by atoms with Crippen molar-refractivity contribution in [2.45, 2.75) is 51.3 Å². The van der Waals surface area contributed by atoms with Gasteiger partial charge in [0.1, 0.15) is 17.7 Å². The number of nitrogens with two attached hydrogens (primary N) is 1. The number of hydrogen-bond acceptors (Lipinski definition) is 6. The quantitative estimate of drug-likeness (QED) is 0.453. The van der Waals surface area contributed by atoms with Gasteiger partial charge in [0.2, 0.25) is 11.8 Å². The minimum Gasteiger partial charge on any atom is -0.481 e. The first-order valence-corrected chi connectivity index (χ1v) is 8.65. The molecular weight excluding hydrogens is 338 g/mol. The van der Waals surface area contributed by atoms with Crippen LogP contribution in [0.4, 0.5) is 4.79 Å². The molecule has 0 saturated carbocycles. The highest BCUT2D eigenvalue weighted by atomic mass is 32.2. The number of thioether (sulfide) groups is 1. The smallest absolute Gasteiger partial charge is 0.408 e. The maximum absolute atomic E-state index is 12.3. The molecule has 0 aliphatic heterocycles. The van der Waals surface area contributed by atoms with Crippen molar-refractivity contribution in [1.29, 1.82) is 0 Å². The molecule has 0 aromatic rings. The summed E-state index contributed by atoms with van der Waals surface area (Å²) in [6, 6.07) is -2.32. The van der Waals surface area contributed by atoms with E-state index in [2.05, 4.69) is 10.6 Å². The Morgan fingerprint density at radius 1 is 1.17 bits per heavy atom. The van der Waals surface area contributed by atoms with Gasteiger partial charge in [-0.05, 0) is 39.2 Å². The molecule has 5 N–H and O–H groups in total. The van der Waals surface area contributed by atoms with Crippen LogP contribution in [-0.4, -0.2) is 58.7 Å². The number of carbonyl (C=O) groups is 4. The lowest BCUT2D eigenvalue weighted by Crippen LogP contribution is -2.54. The van der Waals surface area contributed by atoms with Gasteiger partial charge in [-0.15, -0.1) is 0 Å². The molecule has 0 aliphatic rings. The fourth-order valence-corrected chi connectivity index (χ4v) is 2.10. The van der Waals surface area contributed by atoms with Crippen LogP contribution in [0.15, 0.2) is 0 Å². The molecule has 3 amide bonds. The standard InChI is InChI=1S/C14H25N3O6S/c1-14(2,3)23-13(22)17-8(5-6-24-4)12(21)16-9(11(15)20)7-10(18)19/h8-9H,5-7H2,1-4H3,(H2,15,20)(H,16,21)(H,17,22)(H,18,19)/t8-,9-/m0/s1. The number of carboxylic acids is 1. The Balaban J connectivity index is 4.94. The van der Waals surface area contributed by atoms with Gasteiger partial charge in [-0.25, -0.2) is 4.79 Å². The molecule has 0 aliphatic carbocycles. The average Bonchev–Trinajstić information content (AvgIpc) is 2.39. The molecule has 138 valence electrons. The SMILES string of the molecule is CSCC[C@H](NC(=O)OC(C)(C)C)C(=O)N[C@@H](CC(=O)O)C(N)=O. The van der Waals surface area contributed by atoms with E-state index < -0.39 is 48.0 Å². The average molecular weight is 363 g/mol. The summed E-state index contributed by atoms with van der Waals surface area (Å²) in [5.41, 5.74) is 4.35. The number of nitrogens with one attached hydrogen (secondary N) is 2. The molecule has 10 heteroatoms. The zero-order chi connectivity index (χ0) is 18.9. The summed E-state index contributed by atoms with van der Waals surface area (Å²) in [5.74, 6) is -2.37. The van der Waals surface area contributed by atoms with Crippen LogP contribution in [-0.2, 0) is 19.1 Å². The van der Waals surface area contributed by atoms with Crippen LogP contribution in [0.3, 0.4) is 0 Å². The first kappa shape index (κ1) is 22.0. The van der Waals surface area contributed by atoms with Crippen LogP contribution in [0.25, 0.3) is 0 Å². The number of carboxylic acid groups (broad SMARTS) is 1. The Labute approximate surface area is 145 Å². The fourth-order valence-electron chi connectivity index (χ4n) is 1.62. The molecule has 0 rings (SSSR count). The number of ether oxygens (including phenoxy) is 1. The summed E-state index contributed by atoms with van der Waals surface area (Å²) in [6.45, 7) is 5.04. The lowest BCUT2D eigenvalue weighted by molar-refractivity contribution is -0.140. The van der Waals surface area contributed by atoms with Crippen LogP contribution in [0.5, 0.6) is 0 Å². The second-order valence-corrected chi connectivity index (χ2v) is 7.03. The molecule has 0 aromatic carbocycles. The summed E-state index contributed by atoms with van der Waals surface area (Å²) in [4.78, 5) is 46.0. The second-order valence-electron chi connectivity index (χ2n) is 6.04. The first-order valence-electron chi connectivity index (χ1n) is 7.26. The topological polar surface area (TPSA) is 148 Å². The van der Waals surface area contributed by atoms with Crippen LogP contribution < -0.4 is 16.4 Å². The Morgan fingerprint density at radius 2 is 1.75 bits per heavy atom. The Morgan fingerprint density at radius 3 is 2.17 bits per heavy atom. The number of carbonyl (C=O) groups excluding carboxylic acids is 3. The highest BCUT2D eigenvalue weighted by Gasteiger charge is 2.28. The molecule has 0 bridgehead atoms. The van der Waals surface area contributed by atoms with Gasteiger partial charge in [0.05, 0.1) is 6.42 Å². The van der Waals surface area contributed by atoms with Crippen molar-refractivity contribution in [2.24, 2.45) is 5.73 Å². The van der Waals surface area contributed by atoms with Crippen molar-refractivity contribution in [3.8, 4) is 0 Å². The van der Waals surface area contributed by atoms with Crippen molar-refractivity contribution in [1.82, 2.24) is 10.6 Å². The van der Waals surface area contributed by atoms with E-state index in [0.717, 1.165) is 0 Å². The number of amides is 3. The molecule has 0 radical (unpaired) electrons. The molecule has 0 heterocycles. The van der Waals surface area contributed by atoms with Crippen molar-refractivity contribution in [2.75, 3.05) is 12.0 Å². The third-order valence-electron chi connectivity index (χ3n) is 2.66. The van der Waals surface area contributed by atoms with E-state index in [1.54, 1.807) is 20.8 Å². The minimum absolute atomic E-state index is 0.283. The van der Waals surface area contributed by atoms with Crippen molar-refractivity contribution < 1.29 is 29.0 Å². The Hall–Kier alpha value is -1.97. The van der Waals surface area contributed by atoms with Gasteiger partial charge in [-0.3, -0.25) is 14.4 Å². The van der Waals surface area contributed by atoms with E-state index in [4.69, 9.17) is 15.6 Å². The molecule has 0 spiro atoms. The summed E-state index contributed by atoms with van der Waals surface area (Å²) in [6.07, 6.45) is 0.699. The first-order chi connectivity index (χ1) is 11.0. The number of hydrogen-bond donors (Lipinski definition) is 4. The number of alkyl carbamates (subject to hydrolysis) is 1. The molecule has 0 aromatic heterocycles. The van der Waals surface area contributed by atoms with Gasteiger partial charge in [0, 0.05) is 0 Å². The lowest BCUT2D eigenvalue weighted by Gasteiger charge is -2.24. The number of primary amides is 1. The molecule has 2 atom stereocenters. The molecule has 0 saturated heterocycles. The molecule has 9 nitrogen and oxygen atoms in total. The summed E-state index contributed by atoms with van der Waals surface area (Å²) >= 11 is 1.47. The Kier molecular flexibility index (Phi) is 9.19. The van der Waals surface area contributed by atoms with Crippen molar-refractivity contribution in [3.63, 3.8) is 0 Å². The molecular formula is C14H25N3O6S. The van der Waals surface area contributed by atoms with Gasteiger partial charge >= 0.3 is 12.1 Å². The van der Waals surface area contributed by atoms with Gasteiger partial charge < -0.3 is 26.2 Å². The van der Waals surface area contributed by atoms with Crippen molar-refractivity contribution >= 4 is 35.6 Å². The highest BCUT2D eigenvalue weighted by Crippen LogP contribution is 2.08. The fraction of sp³-hybridized carbons (Fsp3) is 0.714. The van der Waals surface area contributed by atoms with E-state index in [0.29, 0.717) is 5.75 Å².